The van der Waals surface area contributed by atoms with Crippen molar-refractivity contribution in [1.29, 1.82) is 0 Å². The van der Waals surface area contributed by atoms with E-state index in [0.29, 0.717) is 43.3 Å². The highest BCUT2D eigenvalue weighted by Gasteiger charge is 2.28. The summed E-state index contributed by atoms with van der Waals surface area (Å²) in [4.78, 5) is 35.7. The van der Waals surface area contributed by atoms with Crippen molar-refractivity contribution in [3.05, 3.63) is 95.1 Å². The molecule has 2 aromatic carbocycles. The lowest BCUT2D eigenvalue weighted by molar-refractivity contribution is -0.130. The minimum atomic E-state index is -0.648. The number of nitrogens with two attached hydrogens (primary N) is 1. The number of benzene rings is 2. The number of likely N-dealkylation sites (tertiary alicyclic amines) is 1. The van der Waals surface area contributed by atoms with Gasteiger partial charge in [0.15, 0.2) is 11.4 Å². The number of anilines is 1. The molecule has 3 heterocycles. The van der Waals surface area contributed by atoms with Gasteiger partial charge in [-0.25, -0.2) is 14.2 Å². The predicted molar refractivity (Wildman–Crippen MR) is 145 cm³/mol. The maximum atomic E-state index is 13.3. The predicted octanol–water partition coefficient (Wildman–Crippen LogP) is 4.69. The van der Waals surface area contributed by atoms with Gasteiger partial charge in [-0.1, -0.05) is 42.5 Å². The molecular formula is C30H29FN4O4. The van der Waals surface area contributed by atoms with Crippen molar-refractivity contribution in [2.45, 2.75) is 38.9 Å². The molecule has 0 bridgehead atoms. The SMILES string of the molecule is CC(=O)N1CCC(OC(=O)c2nc(N)c3cc(Cc4ccc(F)cc4)cnc3c2OCc2ccccc2)CC1. The van der Waals surface area contributed by atoms with E-state index < -0.39 is 5.97 Å². The minimum absolute atomic E-state index is 0.00483. The summed E-state index contributed by atoms with van der Waals surface area (Å²) in [5, 5.41) is 0.545. The van der Waals surface area contributed by atoms with Crippen LogP contribution in [-0.2, 0) is 22.6 Å². The summed E-state index contributed by atoms with van der Waals surface area (Å²) < 4.78 is 25.2. The molecule has 1 aliphatic heterocycles. The number of fused-ring (bicyclic) bond motifs is 1. The van der Waals surface area contributed by atoms with Crippen LogP contribution < -0.4 is 10.5 Å². The lowest BCUT2D eigenvalue weighted by Gasteiger charge is -2.30. The number of carbonyl (C=O) groups excluding carboxylic acids is 2. The molecule has 0 radical (unpaired) electrons. The first-order valence-electron chi connectivity index (χ1n) is 12.8. The molecule has 1 amide bonds. The molecule has 39 heavy (non-hydrogen) atoms. The van der Waals surface area contributed by atoms with Gasteiger partial charge in [0.1, 0.15) is 29.9 Å². The summed E-state index contributed by atoms with van der Waals surface area (Å²) in [6.07, 6.45) is 2.94. The van der Waals surface area contributed by atoms with Gasteiger partial charge < -0.3 is 20.1 Å². The average molecular weight is 529 g/mol. The second-order valence-corrected chi connectivity index (χ2v) is 9.60. The van der Waals surface area contributed by atoms with Gasteiger partial charge in [-0.15, -0.1) is 0 Å². The van der Waals surface area contributed by atoms with E-state index in [1.165, 1.54) is 19.1 Å². The van der Waals surface area contributed by atoms with E-state index in [9.17, 15) is 14.0 Å². The van der Waals surface area contributed by atoms with Crippen molar-refractivity contribution in [3.8, 4) is 5.75 Å². The van der Waals surface area contributed by atoms with Gasteiger partial charge in [-0.3, -0.25) is 9.78 Å². The highest BCUT2D eigenvalue weighted by molar-refractivity contribution is 6.01. The molecule has 1 fully saturated rings. The molecule has 4 aromatic rings. The van der Waals surface area contributed by atoms with Gasteiger partial charge in [-0.05, 0) is 41.3 Å². The largest absolute Gasteiger partial charge is 0.484 e. The Morgan fingerprint density at radius 3 is 2.44 bits per heavy atom. The average Bonchev–Trinajstić information content (AvgIpc) is 2.94. The first-order valence-corrected chi connectivity index (χ1v) is 12.8. The Bertz CT molecular complexity index is 1490. The Morgan fingerprint density at radius 2 is 1.74 bits per heavy atom. The molecule has 0 saturated carbocycles. The molecule has 0 spiro atoms. The monoisotopic (exact) mass is 528 g/mol. The summed E-state index contributed by atoms with van der Waals surface area (Å²) in [6, 6.07) is 17.7. The quantitative estimate of drug-likeness (QED) is 0.347. The molecule has 0 atom stereocenters. The van der Waals surface area contributed by atoms with Crippen LogP contribution in [0.5, 0.6) is 5.75 Å². The molecule has 0 unspecified atom stereocenters. The molecule has 1 saturated heterocycles. The third kappa shape index (κ3) is 6.14. The third-order valence-electron chi connectivity index (χ3n) is 6.78. The van der Waals surface area contributed by atoms with E-state index in [2.05, 4.69) is 9.97 Å². The summed E-state index contributed by atoms with van der Waals surface area (Å²) in [6.45, 7) is 2.77. The minimum Gasteiger partial charge on any atom is -0.484 e. The Balaban J connectivity index is 1.45. The summed E-state index contributed by atoms with van der Waals surface area (Å²) in [5.74, 6) is -0.616. The number of piperidine rings is 1. The topological polar surface area (TPSA) is 108 Å². The van der Waals surface area contributed by atoms with E-state index in [-0.39, 0.29) is 41.7 Å². The number of nitrogen functional groups attached to an aromatic ring is 1. The fourth-order valence-electron chi connectivity index (χ4n) is 4.66. The van der Waals surface area contributed by atoms with Crippen LogP contribution in [0.1, 0.15) is 46.9 Å². The Hall–Kier alpha value is -4.53. The Kier molecular flexibility index (Phi) is 7.67. The molecule has 5 rings (SSSR count). The maximum Gasteiger partial charge on any atom is 0.361 e. The fraction of sp³-hybridized carbons (Fsp3) is 0.267. The van der Waals surface area contributed by atoms with E-state index in [4.69, 9.17) is 15.2 Å². The number of nitrogens with zero attached hydrogens (tertiary/aromatic N) is 3. The molecule has 200 valence electrons. The van der Waals surface area contributed by atoms with E-state index >= 15 is 0 Å². The second kappa shape index (κ2) is 11.5. The number of hydrogen-bond donors (Lipinski definition) is 1. The highest BCUT2D eigenvalue weighted by Crippen LogP contribution is 2.33. The number of pyridine rings is 2. The van der Waals surface area contributed by atoms with E-state index in [0.717, 1.165) is 16.7 Å². The van der Waals surface area contributed by atoms with Crippen molar-refractivity contribution < 1.29 is 23.5 Å². The van der Waals surface area contributed by atoms with E-state index in [1.54, 1.807) is 23.2 Å². The molecule has 9 heteroatoms. The smallest absolute Gasteiger partial charge is 0.361 e. The van der Waals surface area contributed by atoms with Crippen LogP contribution in [-0.4, -0.2) is 45.9 Å². The van der Waals surface area contributed by atoms with Gasteiger partial charge in [0.25, 0.3) is 0 Å². The van der Waals surface area contributed by atoms with Crippen LogP contribution in [0.4, 0.5) is 10.2 Å². The van der Waals surface area contributed by atoms with Crippen molar-refractivity contribution in [1.82, 2.24) is 14.9 Å². The van der Waals surface area contributed by atoms with Crippen molar-refractivity contribution in [3.63, 3.8) is 0 Å². The molecule has 1 aliphatic rings. The van der Waals surface area contributed by atoms with Gasteiger partial charge >= 0.3 is 5.97 Å². The van der Waals surface area contributed by atoms with Crippen LogP contribution in [0.2, 0.25) is 0 Å². The second-order valence-electron chi connectivity index (χ2n) is 9.60. The zero-order valence-electron chi connectivity index (χ0n) is 21.6. The zero-order valence-corrected chi connectivity index (χ0v) is 21.6. The van der Waals surface area contributed by atoms with Gasteiger partial charge in [0.2, 0.25) is 5.91 Å². The number of esters is 1. The van der Waals surface area contributed by atoms with Crippen LogP contribution in [0.15, 0.2) is 66.9 Å². The van der Waals surface area contributed by atoms with Crippen LogP contribution in [0, 0.1) is 5.82 Å². The molecule has 8 nitrogen and oxygen atoms in total. The maximum absolute atomic E-state index is 13.3. The number of carbonyl (C=O) groups is 2. The number of amides is 1. The van der Waals surface area contributed by atoms with Crippen LogP contribution in [0.25, 0.3) is 10.9 Å². The zero-order chi connectivity index (χ0) is 27.4. The Labute approximate surface area is 225 Å². The molecule has 0 aliphatic carbocycles. The lowest BCUT2D eigenvalue weighted by Crippen LogP contribution is -2.40. The van der Waals surface area contributed by atoms with Crippen molar-refractivity contribution in [2.75, 3.05) is 18.8 Å². The molecule has 2 N–H and O–H groups in total. The third-order valence-corrected chi connectivity index (χ3v) is 6.78. The van der Waals surface area contributed by atoms with Crippen LogP contribution in [0.3, 0.4) is 0 Å². The highest BCUT2D eigenvalue weighted by atomic mass is 19.1. The number of aromatic nitrogens is 2. The molecular weight excluding hydrogens is 499 g/mol. The first kappa shape index (κ1) is 26.1. The number of rotatable bonds is 7. The number of hydrogen-bond acceptors (Lipinski definition) is 7. The molecule has 2 aromatic heterocycles. The number of halogens is 1. The van der Waals surface area contributed by atoms with Crippen molar-refractivity contribution in [2.24, 2.45) is 0 Å². The fourth-order valence-corrected chi connectivity index (χ4v) is 4.66. The standard InChI is InChI=1S/C30H29FN4O4/c1-19(36)35-13-11-24(12-14-35)39-30(37)27-28(38-18-21-5-3-2-4-6-21)26-25(29(32)34-27)16-22(17-33-26)15-20-7-9-23(31)10-8-20/h2-10,16-17,24H,11-15,18H2,1H3,(H2,32,34). The normalized spacial score (nSPS) is 13.8. The van der Waals surface area contributed by atoms with Crippen molar-refractivity contribution >= 4 is 28.6 Å². The Morgan fingerprint density at radius 1 is 1.03 bits per heavy atom. The lowest BCUT2D eigenvalue weighted by atomic mass is 10.0. The van der Waals surface area contributed by atoms with Gasteiger partial charge in [0, 0.05) is 44.4 Å². The summed E-state index contributed by atoms with van der Waals surface area (Å²) >= 11 is 0. The van der Waals surface area contributed by atoms with Gasteiger partial charge in [-0.2, -0.15) is 0 Å². The summed E-state index contributed by atoms with van der Waals surface area (Å²) in [5.41, 5.74) is 9.37. The van der Waals surface area contributed by atoms with E-state index in [1.807, 2.05) is 36.4 Å². The van der Waals surface area contributed by atoms with Gasteiger partial charge in [0.05, 0.1) is 0 Å². The summed E-state index contributed by atoms with van der Waals surface area (Å²) in [7, 11) is 0. The first-order chi connectivity index (χ1) is 18.9. The number of ether oxygens (including phenoxy) is 2. The van der Waals surface area contributed by atoms with Crippen LogP contribution >= 0.6 is 0 Å².